The molecule has 15 heavy (non-hydrogen) atoms. The number of carbonyl (C=O) groups is 1. The van der Waals surface area contributed by atoms with E-state index in [-0.39, 0.29) is 5.91 Å². The SMILES string of the molecule is CC1CC(C)(C)CCC1NCCC(N)=O. The van der Waals surface area contributed by atoms with Crippen molar-refractivity contribution in [3.63, 3.8) is 0 Å². The maximum Gasteiger partial charge on any atom is 0.218 e. The minimum Gasteiger partial charge on any atom is -0.370 e. The van der Waals surface area contributed by atoms with E-state index < -0.39 is 0 Å². The van der Waals surface area contributed by atoms with Gasteiger partial charge in [0.2, 0.25) is 5.91 Å². The van der Waals surface area contributed by atoms with Crippen LogP contribution in [0.2, 0.25) is 0 Å². The van der Waals surface area contributed by atoms with Gasteiger partial charge in [0, 0.05) is 19.0 Å². The van der Waals surface area contributed by atoms with E-state index in [9.17, 15) is 4.79 Å². The number of hydrogen-bond donors (Lipinski definition) is 2. The fraction of sp³-hybridized carbons (Fsp3) is 0.917. The lowest BCUT2D eigenvalue weighted by atomic mass is 9.70. The van der Waals surface area contributed by atoms with Crippen LogP contribution in [0.1, 0.15) is 46.5 Å². The van der Waals surface area contributed by atoms with E-state index in [2.05, 4.69) is 26.1 Å². The average Bonchev–Trinajstić information content (AvgIpc) is 2.07. The molecule has 1 rings (SSSR count). The number of nitrogens with one attached hydrogen (secondary N) is 1. The largest absolute Gasteiger partial charge is 0.370 e. The van der Waals surface area contributed by atoms with Crippen molar-refractivity contribution in [3.05, 3.63) is 0 Å². The lowest BCUT2D eigenvalue weighted by molar-refractivity contribution is -0.117. The van der Waals surface area contributed by atoms with Gasteiger partial charge in [0.05, 0.1) is 0 Å². The zero-order valence-corrected chi connectivity index (χ0v) is 10.2. The van der Waals surface area contributed by atoms with Crippen LogP contribution in [0.4, 0.5) is 0 Å². The minimum atomic E-state index is -0.216. The summed E-state index contributed by atoms with van der Waals surface area (Å²) in [4.78, 5) is 10.6. The van der Waals surface area contributed by atoms with Gasteiger partial charge >= 0.3 is 0 Å². The van der Waals surface area contributed by atoms with E-state index in [1.165, 1.54) is 19.3 Å². The van der Waals surface area contributed by atoms with Crippen molar-refractivity contribution < 1.29 is 4.79 Å². The van der Waals surface area contributed by atoms with Crippen molar-refractivity contribution in [1.82, 2.24) is 5.32 Å². The van der Waals surface area contributed by atoms with Crippen molar-refractivity contribution in [1.29, 1.82) is 0 Å². The molecule has 1 fully saturated rings. The van der Waals surface area contributed by atoms with Gasteiger partial charge in [-0.05, 0) is 30.6 Å². The lowest BCUT2D eigenvalue weighted by Crippen LogP contribution is -2.42. The van der Waals surface area contributed by atoms with Crippen molar-refractivity contribution >= 4 is 5.91 Å². The number of rotatable bonds is 4. The second-order valence-corrected chi connectivity index (χ2v) is 5.66. The summed E-state index contributed by atoms with van der Waals surface area (Å²) in [6.45, 7) is 7.69. The number of amides is 1. The maximum absolute atomic E-state index is 10.6. The first-order chi connectivity index (χ1) is 6.91. The number of hydrogen-bond acceptors (Lipinski definition) is 2. The number of carbonyl (C=O) groups excluding carboxylic acids is 1. The maximum atomic E-state index is 10.6. The quantitative estimate of drug-likeness (QED) is 0.744. The summed E-state index contributed by atoms with van der Waals surface area (Å²) < 4.78 is 0. The molecule has 0 aromatic heterocycles. The fourth-order valence-electron chi connectivity index (χ4n) is 2.63. The molecule has 3 heteroatoms. The van der Waals surface area contributed by atoms with Crippen LogP contribution in [0.25, 0.3) is 0 Å². The average molecular weight is 212 g/mol. The second kappa shape index (κ2) is 4.97. The van der Waals surface area contributed by atoms with Crippen LogP contribution < -0.4 is 11.1 Å². The molecule has 0 saturated heterocycles. The molecule has 1 amide bonds. The van der Waals surface area contributed by atoms with Gasteiger partial charge in [0.25, 0.3) is 0 Å². The Bertz CT molecular complexity index is 226. The summed E-state index contributed by atoms with van der Waals surface area (Å²) >= 11 is 0. The summed E-state index contributed by atoms with van der Waals surface area (Å²) in [6.07, 6.45) is 4.20. The highest BCUT2D eigenvalue weighted by atomic mass is 16.1. The highest BCUT2D eigenvalue weighted by Gasteiger charge is 2.31. The predicted molar refractivity (Wildman–Crippen MR) is 62.4 cm³/mol. The Labute approximate surface area is 92.8 Å². The second-order valence-electron chi connectivity index (χ2n) is 5.66. The topological polar surface area (TPSA) is 55.1 Å². The number of nitrogens with two attached hydrogens (primary N) is 1. The van der Waals surface area contributed by atoms with Gasteiger partial charge < -0.3 is 11.1 Å². The van der Waals surface area contributed by atoms with E-state index in [0.717, 1.165) is 6.54 Å². The Morgan fingerprint density at radius 1 is 1.53 bits per heavy atom. The highest BCUT2D eigenvalue weighted by molar-refractivity contribution is 5.73. The Morgan fingerprint density at radius 3 is 2.73 bits per heavy atom. The normalized spacial score (nSPS) is 30.1. The molecule has 1 aliphatic rings. The third kappa shape index (κ3) is 4.20. The summed E-state index contributed by atoms with van der Waals surface area (Å²) in [5.74, 6) is 0.480. The molecule has 0 radical (unpaired) electrons. The van der Waals surface area contributed by atoms with Crippen molar-refractivity contribution in [2.24, 2.45) is 17.1 Å². The van der Waals surface area contributed by atoms with Crippen LogP contribution >= 0.6 is 0 Å². The van der Waals surface area contributed by atoms with Crippen LogP contribution in [0.15, 0.2) is 0 Å². The van der Waals surface area contributed by atoms with Gasteiger partial charge in [-0.15, -0.1) is 0 Å². The summed E-state index contributed by atoms with van der Waals surface area (Å²) in [7, 11) is 0. The third-order valence-corrected chi connectivity index (χ3v) is 3.47. The van der Waals surface area contributed by atoms with Crippen LogP contribution in [-0.4, -0.2) is 18.5 Å². The van der Waals surface area contributed by atoms with Crippen LogP contribution in [0, 0.1) is 11.3 Å². The first kappa shape index (κ1) is 12.5. The van der Waals surface area contributed by atoms with E-state index in [1.54, 1.807) is 0 Å². The zero-order valence-electron chi connectivity index (χ0n) is 10.2. The first-order valence-electron chi connectivity index (χ1n) is 5.92. The van der Waals surface area contributed by atoms with E-state index >= 15 is 0 Å². The van der Waals surface area contributed by atoms with Gasteiger partial charge in [-0.1, -0.05) is 20.8 Å². The summed E-state index contributed by atoms with van der Waals surface area (Å²) in [5.41, 5.74) is 5.59. The Morgan fingerprint density at radius 2 is 2.20 bits per heavy atom. The summed E-state index contributed by atoms with van der Waals surface area (Å²) in [6, 6.07) is 0.567. The standard InChI is InChI=1S/C12H24N2O/c1-9-8-12(2,3)6-4-10(9)14-7-5-11(13)15/h9-10,14H,4-8H2,1-3H3,(H2,13,15). The monoisotopic (exact) mass is 212 g/mol. The van der Waals surface area contributed by atoms with Gasteiger partial charge in [-0.3, -0.25) is 4.79 Å². The smallest absolute Gasteiger partial charge is 0.218 e. The third-order valence-electron chi connectivity index (χ3n) is 3.47. The predicted octanol–water partition coefficient (Wildman–Crippen LogP) is 1.67. The molecular formula is C12H24N2O. The molecule has 0 bridgehead atoms. The Kier molecular flexibility index (Phi) is 4.14. The molecule has 0 heterocycles. The van der Waals surface area contributed by atoms with E-state index in [1.807, 2.05) is 0 Å². The van der Waals surface area contributed by atoms with Crippen LogP contribution in [-0.2, 0) is 4.79 Å². The van der Waals surface area contributed by atoms with E-state index in [4.69, 9.17) is 5.73 Å². The van der Waals surface area contributed by atoms with Gasteiger partial charge in [-0.25, -0.2) is 0 Å². The highest BCUT2D eigenvalue weighted by Crippen LogP contribution is 2.38. The summed E-state index contributed by atoms with van der Waals surface area (Å²) in [5, 5.41) is 3.44. The molecule has 1 aliphatic carbocycles. The van der Waals surface area contributed by atoms with Crippen LogP contribution in [0.5, 0.6) is 0 Å². The molecule has 0 aromatic rings. The van der Waals surface area contributed by atoms with E-state index in [0.29, 0.717) is 23.8 Å². The van der Waals surface area contributed by atoms with Crippen molar-refractivity contribution in [2.45, 2.75) is 52.5 Å². The molecule has 3 N–H and O–H groups in total. The molecule has 0 aliphatic heterocycles. The first-order valence-corrected chi connectivity index (χ1v) is 5.92. The molecule has 0 spiro atoms. The zero-order chi connectivity index (χ0) is 11.5. The fourth-order valence-corrected chi connectivity index (χ4v) is 2.63. The Balaban J connectivity index is 2.29. The van der Waals surface area contributed by atoms with Crippen LogP contribution in [0.3, 0.4) is 0 Å². The van der Waals surface area contributed by atoms with Gasteiger partial charge in [-0.2, -0.15) is 0 Å². The molecule has 0 aromatic carbocycles. The molecular weight excluding hydrogens is 188 g/mol. The Hall–Kier alpha value is -0.570. The molecule has 3 nitrogen and oxygen atoms in total. The number of primary amides is 1. The van der Waals surface area contributed by atoms with Crippen molar-refractivity contribution in [3.8, 4) is 0 Å². The minimum absolute atomic E-state index is 0.216. The lowest BCUT2D eigenvalue weighted by Gasteiger charge is -2.39. The molecule has 1 saturated carbocycles. The molecule has 88 valence electrons. The molecule has 2 atom stereocenters. The van der Waals surface area contributed by atoms with Crippen molar-refractivity contribution in [2.75, 3.05) is 6.54 Å². The van der Waals surface area contributed by atoms with Gasteiger partial charge in [0.1, 0.15) is 0 Å². The molecule has 2 unspecified atom stereocenters. The van der Waals surface area contributed by atoms with Gasteiger partial charge in [0.15, 0.2) is 0 Å².